The van der Waals surface area contributed by atoms with Crippen LogP contribution < -0.4 is 19.8 Å². The molecule has 8 nitrogen and oxygen atoms in total. The fourth-order valence-electron chi connectivity index (χ4n) is 2.57. The largest absolute Gasteiger partial charge is 0.497 e. The van der Waals surface area contributed by atoms with Gasteiger partial charge in [0.05, 0.1) is 25.6 Å². The summed E-state index contributed by atoms with van der Waals surface area (Å²) in [6, 6.07) is 4.69. The molecule has 3 rings (SSSR count). The van der Waals surface area contributed by atoms with Gasteiger partial charge >= 0.3 is 0 Å². The van der Waals surface area contributed by atoms with Crippen LogP contribution in [0, 0.1) is 13.8 Å². The van der Waals surface area contributed by atoms with E-state index in [2.05, 4.69) is 9.71 Å². The molecule has 0 fully saturated rings. The lowest BCUT2D eigenvalue weighted by molar-refractivity contribution is 0.405. The van der Waals surface area contributed by atoms with E-state index in [0.717, 1.165) is 0 Å². The fourth-order valence-corrected chi connectivity index (χ4v) is 4.78. The second kappa shape index (κ2) is 6.61. The van der Waals surface area contributed by atoms with E-state index in [-0.39, 0.29) is 11.4 Å². The van der Waals surface area contributed by atoms with E-state index < -0.39 is 20.5 Å². The van der Waals surface area contributed by atoms with Gasteiger partial charge in [-0.1, -0.05) is 0 Å². The highest BCUT2D eigenvalue weighted by atomic mass is 32.2. The molecule has 0 atom stereocenters. The highest BCUT2D eigenvalue weighted by Gasteiger charge is 2.26. The van der Waals surface area contributed by atoms with Crippen molar-refractivity contribution in [1.82, 2.24) is 9.38 Å². The standard InChI is InChI=1S/C16H17N3O5S2/c1-9-8-25-16-17-10(2)14(15(20)19(9)16)26(21,22)18-12-7-11(23-3)5-6-13(12)24-4/h5-8,18H,1-4H3. The van der Waals surface area contributed by atoms with Gasteiger partial charge in [0, 0.05) is 17.1 Å². The topological polar surface area (TPSA) is 99.0 Å². The molecule has 0 saturated carbocycles. The maximum Gasteiger partial charge on any atom is 0.279 e. The molecular formula is C16H17N3O5S2. The number of benzene rings is 1. The highest BCUT2D eigenvalue weighted by molar-refractivity contribution is 7.92. The van der Waals surface area contributed by atoms with Gasteiger partial charge in [0.15, 0.2) is 9.86 Å². The number of hydrogen-bond donors (Lipinski definition) is 1. The number of ether oxygens (including phenoxy) is 2. The van der Waals surface area contributed by atoms with Crippen LogP contribution in [0.1, 0.15) is 11.4 Å². The van der Waals surface area contributed by atoms with Gasteiger partial charge in [0.2, 0.25) is 0 Å². The van der Waals surface area contributed by atoms with Gasteiger partial charge in [-0.15, -0.1) is 11.3 Å². The van der Waals surface area contributed by atoms with Crippen LogP contribution in [0.3, 0.4) is 0 Å². The Morgan fingerprint density at radius 2 is 1.92 bits per heavy atom. The lowest BCUT2D eigenvalue weighted by atomic mass is 10.3. The number of fused-ring (bicyclic) bond motifs is 1. The van der Waals surface area contributed by atoms with Gasteiger partial charge in [-0.2, -0.15) is 0 Å². The summed E-state index contributed by atoms with van der Waals surface area (Å²) in [7, 11) is -1.31. The zero-order valence-electron chi connectivity index (χ0n) is 14.6. The van der Waals surface area contributed by atoms with Crippen molar-refractivity contribution in [1.29, 1.82) is 0 Å². The Morgan fingerprint density at radius 1 is 1.19 bits per heavy atom. The molecule has 1 N–H and O–H groups in total. The molecule has 0 unspecified atom stereocenters. The molecule has 0 spiro atoms. The second-order valence-corrected chi connectivity index (χ2v) is 7.95. The molecular weight excluding hydrogens is 378 g/mol. The average molecular weight is 395 g/mol. The first-order chi connectivity index (χ1) is 12.3. The molecule has 0 aliphatic heterocycles. The van der Waals surface area contributed by atoms with Crippen LogP contribution in [-0.4, -0.2) is 32.0 Å². The van der Waals surface area contributed by atoms with Gasteiger partial charge < -0.3 is 9.47 Å². The predicted molar refractivity (Wildman–Crippen MR) is 99.2 cm³/mol. The quantitative estimate of drug-likeness (QED) is 0.711. The Morgan fingerprint density at radius 3 is 2.58 bits per heavy atom. The third-order valence-electron chi connectivity index (χ3n) is 3.79. The Labute approximate surface area is 154 Å². The van der Waals surface area contributed by atoms with Gasteiger partial charge in [0.1, 0.15) is 11.5 Å². The summed E-state index contributed by atoms with van der Waals surface area (Å²) in [5.41, 5.74) is 0.280. The van der Waals surface area contributed by atoms with Crippen LogP contribution in [0.2, 0.25) is 0 Å². The van der Waals surface area contributed by atoms with Crippen molar-refractivity contribution in [2.75, 3.05) is 18.9 Å². The minimum Gasteiger partial charge on any atom is -0.497 e. The molecule has 10 heteroatoms. The van der Waals surface area contributed by atoms with Crippen LogP contribution in [0.5, 0.6) is 11.5 Å². The summed E-state index contributed by atoms with van der Waals surface area (Å²) in [6.45, 7) is 3.21. The summed E-state index contributed by atoms with van der Waals surface area (Å²) in [5.74, 6) is 0.743. The number of methoxy groups -OCH3 is 2. The molecule has 0 aliphatic carbocycles. The molecule has 0 amide bonds. The summed E-state index contributed by atoms with van der Waals surface area (Å²) in [4.78, 5) is 17.1. The van der Waals surface area contributed by atoms with Crippen molar-refractivity contribution < 1.29 is 17.9 Å². The molecule has 138 valence electrons. The molecule has 2 aromatic heterocycles. The summed E-state index contributed by atoms with van der Waals surface area (Å²) < 4.78 is 39.9. The first-order valence-corrected chi connectivity index (χ1v) is 9.87. The Kier molecular flexibility index (Phi) is 4.63. The average Bonchev–Trinajstić information content (AvgIpc) is 2.95. The third-order valence-corrected chi connectivity index (χ3v) is 6.23. The first-order valence-electron chi connectivity index (χ1n) is 7.51. The normalized spacial score (nSPS) is 11.5. The second-order valence-electron chi connectivity index (χ2n) is 5.50. The van der Waals surface area contributed by atoms with Crippen LogP contribution in [0.4, 0.5) is 5.69 Å². The minimum absolute atomic E-state index is 0.131. The van der Waals surface area contributed by atoms with Crippen molar-refractivity contribution in [2.24, 2.45) is 0 Å². The molecule has 0 radical (unpaired) electrons. The van der Waals surface area contributed by atoms with Crippen molar-refractivity contribution in [3.63, 3.8) is 0 Å². The number of anilines is 1. The minimum atomic E-state index is -4.20. The molecule has 26 heavy (non-hydrogen) atoms. The summed E-state index contributed by atoms with van der Waals surface area (Å²) in [6.07, 6.45) is 0. The zero-order chi connectivity index (χ0) is 19.1. The molecule has 0 saturated heterocycles. The molecule has 3 aromatic rings. The van der Waals surface area contributed by atoms with E-state index in [9.17, 15) is 13.2 Å². The Hall–Kier alpha value is -2.59. The van der Waals surface area contributed by atoms with Crippen molar-refractivity contribution in [3.8, 4) is 11.5 Å². The molecule has 2 heterocycles. The van der Waals surface area contributed by atoms with Gasteiger partial charge in [0.25, 0.3) is 15.6 Å². The van der Waals surface area contributed by atoms with E-state index in [1.165, 1.54) is 42.9 Å². The first kappa shape index (κ1) is 18.2. The number of thiazole rings is 1. The number of nitrogens with zero attached hydrogens (tertiary/aromatic N) is 2. The number of aryl methyl sites for hydroxylation is 2. The van der Waals surface area contributed by atoms with Crippen LogP contribution in [0.15, 0.2) is 33.3 Å². The third kappa shape index (κ3) is 3.01. The maximum atomic E-state index is 12.9. The highest BCUT2D eigenvalue weighted by Crippen LogP contribution is 2.31. The smallest absolute Gasteiger partial charge is 0.279 e. The van der Waals surface area contributed by atoms with E-state index >= 15 is 0 Å². The number of sulfonamides is 1. The van der Waals surface area contributed by atoms with Gasteiger partial charge in [-0.25, -0.2) is 13.4 Å². The number of aromatic nitrogens is 2. The predicted octanol–water partition coefficient (Wildman–Crippen LogP) is 2.19. The Balaban J connectivity index is 2.17. The zero-order valence-corrected chi connectivity index (χ0v) is 16.2. The monoisotopic (exact) mass is 395 g/mol. The Bertz CT molecular complexity index is 1150. The van der Waals surface area contributed by atoms with Gasteiger partial charge in [-0.05, 0) is 26.0 Å². The van der Waals surface area contributed by atoms with Crippen molar-refractivity contribution >= 4 is 32.0 Å². The number of rotatable bonds is 5. The fraction of sp³-hybridized carbons (Fsp3) is 0.250. The lowest BCUT2D eigenvalue weighted by Gasteiger charge is -2.14. The summed E-state index contributed by atoms with van der Waals surface area (Å²) in [5, 5.41) is 1.75. The van der Waals surface area contributed by atoms with Crippen molar-refractivity contribution in [3.05, 3.63) is 45.3 Å². The maximum absolute atomic E-state index is 12.9. The van der Waals surface area contributed by atoms with E-state index in [4.69, 9.17) is 9.47 Å². The van der Waals surface area contributed by atoms with E-state index in [0.29, 0.717) is 22.2 Å². The van der Waals surface area contributed by atoms with E-state index in [1.54, 1.807) is 24.4 Å². The molecule has 1 aromatic carbocycles. The number of hydrogen-bond acceptors (Lipinski definition) is 7. The van der Waals surface area contributed by atoms with Gasteiger partial charge in [-0.3, -0.25) is 13.9 Å². The van der Waals surface area contributed by atoms with Crippen molar-refractivity contribution in [2.45, 2.75) is 18.7 Å². The van der Waals surface area contributed by atoms with Crippen LogP contribution in [0.25, 0.3) is 4.96 Å². The molecule has 0 aliphatic rings. The summed E-state index contributed by atoms with van der Waals surface area (Å²) >= 11 is 1.28. The van der Waals surface area contributed by atoms with Crippen LogP contribution in [-0.2, 0) is 10.0 Å². The van der Waals surface area contributed by atoms with E-state index in [1.807, 2.05) is 0 Å². The number of nitrogens with one attached hydrogen (secondary N) is 1. The molecule has 0 bridgehead atoms. The SMILES string of the molecule is COc1ccc(OC)c(NS(=O)(=O)c2c(C)nc3scc(C)n3c2=O)c1. The van der Waals surface area contributed by atoms with Crippen LogP contribution >= 0.6 is 11.3 Å². The lowest BCUT2D eigenvalue weighted by Crippen LogP contribution is -2.28.